The summed E-state index contributed by atoms with van der Waals surface area (Å²) in [6, 6.07) is 19.8. The summed E-state index contributed by atoms with van der Waals surface area (Å²) >= 11 is 5.85. The summed E-state index contributed by atoms with van der Waals surface area (Å²) in [4.78, 5) is 11.4. The van der Waals surface area contributed by atoms with E-state index in [9.17, 15) is 0 Å². The van der Waals surface area contributed by atoms with Crippen LogP contribution in [0.1, 0.15) is 29.0 Å². The standard InChI is InChI=1S/C25H21N5O2S/c1-16-7-10-22(27-14-16)29-12-4-6-19(29)24-23(18-5-2-3-11-26-18)28-25(33)30(24)17-8-9-20-21(13-17)32-15-31-20/h2-14,23-24H,15H2,1H3,(H,28,33)/t23-,24+/m0/s1. The minimum Gasteiger partial charge on any atom is -0.454 e. The highest BCUT2D eigenvalue weighted by molar-refractivity contribution is 7.80. The molecular weight excluding hydrogens is 434 g/mol. The van der Waals surface area contributed by atoms with Gasteiger partial charge in [0, 0.05) is 36.0 Å². The number of hydrogen-bond donors (Lipinski definition) is 1. The molecular formula is C25H21N5O2S. The lowest BCUT2D eigenvalue weighted by atomic mass is 10.0. The molecule has 0 aliphatic carbocycles. The zero-order valence-corrected chi connectivity index (χ0v) is 18.7. The van der Waals surface area contributed by atoms with Crippen LogP contribution in [0.25, 0.3) is 5.82 Å². The van der Waals surface area contributed by atoms with E-state index in [2.05, 4.69) is 36.9 Å². The minimum atomic E-state index is -0.161. The smallest absolute Gasteiger partial charge is 0.231 e. The molecule has 1 fully saturated rings. The van der Waals surface area contributed by atoms with E-state index in [1.54, 1.807) is 6.20 Å². The number of thiocarbonyl (C=S) groups is 1. The van der Waals surface area contributed by atoms with E-state index >= 15 is 0 Å². The number of hydrogen-bond acceptors (Lipinski definition) is 5. The van der Waals surface area contributed by atoms with Crippen molar-refractivity contribution in [2.75, 3.05) is 11.7 Å². The van der Waals surface area contributed by atoms with Gasteiger partial charge in [-0.15, -0.1) is 0 Å². The number of nitrogens with one attached hydrogen (secondary N) is 1. The van der Waals surface area contributed by atoms with Crippen molar-refractivity contribution < 1.29 is 9.47 Å². The van der Waals surface area contributed by atoms with E-state index in [0.717, 1.165) is 34.2 Å². The molecule has 2 aliphatic rings. The predicted molar refractivity (Wildman–Crippen MR) is 129 cm³/mol. The summed E-state index contributed by atoms with van der Waals surface area (Å²) in [6.45, 7) is 2.26. The van der Waals surface area contributed by atoms with Crippen molar-refractivity contribution >= 4 is 23.0 Å². The van der Waals surface area contributed by atoms with E-state index in [0.29, 0.717) is 10.9 Å². The van der Waals surface area contributed by atoms with Crippen molar-refractivity contribution in [1.29, 1.82) is 0 Å². The van der Waals surface area contributed by atoms with Crippen LogP contribution < -0.4 is 19.7 Å². The second-order valence-electron chi connectivity index (χ2n) is 8.03. The Morgan fingerprint density at radius 2 is 1.91 bits per heavy atom. The molecule has 0 bridgehead atoms. The lowest BCUT2D eigenvalue weighted by Gasteiger charge is -2.29. The van der Waals surface area contributed by atoms with E-state index in [4.69, 9.17) is 21.7 Å². The van der Waals surface area contributed by atoms with Gasteiger partial charge in [0.1, 0.15) is 11.9 Å². The average molecular weight is 456 g/mol. The first-order valence-electron chi connectivity index (χ1n) is 10.7. The molecule has 0 unspecified atom stereocenters. The first-order chi connectivity index (χ1) is 16.2. The van der Waals surface area contributed by atoms with Gasteiger partial charge in [-0.2, -0.15) is 0 Å². The molecule has 0 amide bonds. The number of pyridine rings is 2. The Kier molecular flexibility index (Phi) is 4.73. The second kappa shape index (κ2) is 7.90. The number of anilines is 1. The van der Waals surface area contributed by atoms with Crippen LogP contribution in [-0.4, -0.2) is 26.4 Å². The lowest BCUT2D eigenvalue weighted by molar-refractivity contribution is 0.174. The SMILES string of the molecule is Cc1ccc(-n2cccc2[C@@H]2[C@H](c3ccccn3)NC(=S)N2c2ccc3c(c2)OCO3)nc1. The van der Waals surface area contributed by atoms with Crippen LogP contribution in [0.3, 0.4) is 0 Å². The highest BCUT2D eigenvalue weighted by atomic mass is 32.1. The van der Waals surface area contributed by atoms with Crippen molar-refractivity contribution in [3.8, 4) is 17.3 Å². The third-order valence-corrected chi connectivity index (χ3v) is 6.27. The predicted octanol–water partition coefficient (Wildman–Crippen LogP) is 4.48. The molecule has 0 spiro atoms. The van der Waals surface area contributed by atoms with Crippen LogP contribution in [0.4, 0.5) is 5.69 Å². The third-order valence-electron chi connectivity index (χ3n) is 5.96. The van der Waals surface area contributed by atoms with Gasteiger partial charge in [-0.25, -0.2) is 4.98 Å². The monoisotopic (exact) mass is 455 g/mol. The molecule has 0 saturated carbocycles. The Hall–Kier alpha value is -3.91. The van der Waals surface area contributed by atoms with Crippen LogP contribution in [0, 0.1) is 6.92 Å². The maximum Gasteiger partial charge on any atom is 0.231 e. The molecule has 1 saturated heterocycles. The summed E-state index contributed by atoms with van der Waals surface area (Å²) in [5, 5.41) is 4.13. The van der Waals surface area contributed by atoms with Gasteiger partial charge in [-0.3, -0.25) is 4.98 Å². The molecule has 3 aromatic heterocycles. The highest BCUT2D eigenvalue weighted by Crippen LogP contribution is 2.44. The first kappa shape index (κ1) is 19.8. The summed E-state index contributed by atoms with van der Waals surface area (Å²) in [7, 11) is 0. The summed E-state index contributed by atoms with van der Waals surface area (Å²) in [5.74, 6) is 2.30. The molecule has 2 aliphatic heterocycles. The molecule has 1 N–H and O–H groups in total. The van der Waals surface area contributed by atoms with Crippen LogP contribution in [0.2, 0.25) is 0 Å². The zero-order chi connectivity index (χ0) is 22.4. The Balaban J connectivity index is 1.50. The fraction of sp³-hybridized carbons (Fsp3) is 0.160. The number of aromatic nitrogens is 3. The van der Waals surface area contributed by atoms with Gasteiger partial charge in [-0.05, 0) is 67.2 Å². The van der Waals surface area contributed by atoms with Crippen molar-refractivity contribution in [3.63, 3.8) is 0 Å². The van der Waals surface area contributed by atoms with Crippen LogP contribution in [0.5, 0.6) is 11.5 Å². The maximum atomic E-state index is 5.85. The van der Waals surface area contributed by atoms with Gasteiger partial charge in [-0.1, -0.05) is 12.1 Å². The Morgan fingerprint density at radius 1 is 1.00 bits per heavy atom. The normalized spacial score (nSPS) is 19.1. The fourth-order valence-electron chi connectivity index (χ4n) is 4.41. The van der Waals surface area contributed by atoms with Gasteiger partial charge >= 0.3 is 0 Å². The second-order valence-corrected chi connectivity index (χ2v) is 8.42. The van der Waals surface area contributed by atoms with Gasteiger partial charge in [0.05, 0.1) is 11.7 Å². The summed E-state index contributed by atoms with van der Waals surface area (Å²) in [6.07, 6.45) is 5.71. The van der Waals surface area contributed by atoms with Crippen LogP contribution in [-0.2, 0) is 0 Å². The zero-order valence-electron chi connectivity index (χ0n) is 17.9. The molecule has 5 heterocycles. The van der Waals surface area contributed by atoms with E-state index in [1.165, 1.54) is 0 Å². The van der Waals surface area contributed by atoms with E-state index in [1.807, 2.05) is 67.8 Å². The number of ether oxygens (including phenoxy) is 2. The molecule has 0 radical (unpaired) electrons. The Bertz CT molecular complexity index is 1320. The highest BCUT2D eigenvalue weighted by Gasteiger charge is 2.42. The van der Waals surface area contributed by atoms with Crippen LogP contribution >= 0.6 is 12.2 Å². The van der Waals surface area contributed by atoms with Gasteiger partial charge in [0.25, 0.3) is 0 Å². The molecule has 2 atom stereocenters. The van der Waals surface area contributed by atoms with Crippen molar-refractivity contribution in [3.05, 3.63) is 96.2 Å². The number of benzene rings is 1. The summed E-state index contributed by atoms with van der Waals surface area (Å²) in [5.41, 5.74) is 4.00. The molecule has 8 heteroatoms. The van der Waals surface area contributed by atoms with Crippen LogP contribution in [0.15, 0.2) is 79.3 Å². The number of rotatable bonds is 4. The molecule has 6 rings (SSSR count). The first-order valence-corrected chi connectivity index (χ1v) is 11.1. The maximum absolute atomic E-state index is 5.85. The van der Waals surface area contributed by atoms with E-state index < -0.39 is 0 Å². The molecule has 4 aromatic rings. The quantitative estimate of drug-likeness (QED) is 0.455. The van der Waals surface area contributed by atoms with Crippen molar-refractivity contribution in [1.82, 2.24) is 19.9 Å². The Labute approximate surface area is 196 Å². The van der Waals surface area contributed by atoms with Gasteiger partial charge < -0.3 is 24.3 Å². The largest absolute Gasteiger partial charge is 0.454 e. The van der Waals surface area contributed by atoms with Gasteiger partial charge in [0.15, 0.2) is 16.6 Å². The molecule has 7 nitrogen and oxygen atoms in total. The molecule has 164 valence electrons. The summed E-state index contributed by atoms with van der Waals surface area (Å²) < 4.78 is 13.2. The number of nitrogens with zero attached hydrogens (tertiary/aromatic N) is 4. The average Bonchev–Trinajstić information content (AvgIpc) is 3.57. The third kappa shape index (κ3) is 3.39. The Morgan fingerprint density at radius 3 is 2.73 bits per heavy atom. The molecule has 1 aromatic carbocycles. The van der Waals surface area contributed by atoms with Crippen molar-refractivity contribution in [2.24, 2.45) is 0 Å². The minimum absolute atomic E-state index is 0.150. The van der Waals surface area contributed by atoms with E-state index in [-0.39, 0.29) is 18.9 Å². The van der Waals surface area contributed by atoms with Crippen molar-refractivity contribution in [2.45, 2.75) is 19.0 Å². The lowest BCUT2D eigenvalue weighted by Crippen LogP contribution is -2.30. The number of fused-ring (bicyclic) bond motifs is 1. The topological polar surface area (TPSA) is 64.4 Å². The fourth-order valence-corrected chi connectivity index (χ4v) is 4.76. The van der Waals surface area contributed by atoms with Gasteiger partial charge in [0.2, 0.25) is 6.79 Å². The molecule has 33 heavy (non-hydrogen) atoms. The number of aryl methyl sites for hydroxylation is 1.